The Hall–Kier alpha value is -1.66. The Labute approximate surface area is 424 Å². The van der Waals surface area contributed by atoms with Crippen LogP contribution in [0.2, 0.25) is 0 Å². The Balaban J connectivity index is 3.38. The van der Waals surface area contributed by atoms with Crippen LogP contribution in [0.4, 0.5) is 0 Å². The zero-order valence-corrected chi connectivity index (χ0v) is 45.9. The average Bonchev–Trinajstić information content (AvgIpc) is 3.34. The monoisotopic (exact) mass is 958 g/mol. The largest absolute Gasteiger partial charge is 0.466 e. The predicted octanol–water partition coefficient (Wildman–Crippen LogP) is 19.0. The van der Waals surface area contributed by atoms with Gasteiger partial charge in [0.1, 0.15) is 0 Å². The standard InChI is InChI=1S/C62H119NO5/c1-3-5-7-9-11-13-15-17-18-19-22-26-29-32-36-40-44-48-52-56-62(67)68-57-53-49-45-41-37-33-30-27-24-21-20-23-25-28-31-35-39-43-47-51-55-61(66)63-59(58-64)60(65)54-50-46-42-38-34-16-14-12-10-8-6-4-2/h17-18,50,54,59-60,64-65H,3-16,19-49,51-53,55-58H2,1-2H3,(H,63,66)/b18-17-,54-50+. The number of carbonyl (C=O) groups excluding carboxylic acids is 2. The van der Waals surface area contributed by atoms with E-state index in [1.54, 1.807) is 6.08 Å². The molecule has 0 aromatic heterocycles. The van der Waals surface area contributed by atoms with Crippen molar-refractivity contribution in [1.82, 2.24) is 5.32 Å². The molecule has 68 heavy (non-hydrogen) atoms. The van der Waals surface area contributed by atoms with E-state index in [4.69, 9.17) is 4.74 Å². The Morgan fingerprint density at radius 3 is 1.04 bits per heavy atom. The van der Waals surface area contributed by atoms with Crippen LogP contribution in [0.15, 0.2) is 24.3 Å². The minimum atomic E-state index is -0.844. The maximum Gasteiger partial charge on any atom is 0.305 e. The Morgan fingerprint density at radius 2 is 0.691 bits per heavy atom. The summed E-state index contributed by atoms with van der Waals surface area (Å²) >= 11 is 0. The lowest BCUT2D eigenvalue weighted by Gasteiger charge is -2.20. The highest BCUT2D eigenvalue weighted by Crippen LogP contribution is 2.17. The molecule has 3 N–H and O–H groups in total. The zero-order chi connectivity index (χ0) is 49.3. The van der Waals surface area contributed by atoms with E-state index in [0.29, 0.717) is 19.4 Å². The minimum Gasteiger partial charge on any atom is -0.466 e. The topological polar surface area (TPSA) is 95.9 Å². The van der Waals surface area contributed by atoms with E-state index < -0.39 is 12.1 Å². The van der Waals surface area contributed by atoms with E-state index in [-0.39, 0.29) is 18.5 Å². The molecule has 2 unspecified atom stereocenters. The van der Waals surface area contributed by atoms with Crippen molar-refractivity contribution in [1.29, 1.82) is 0 Å². The zero-order valence-electron chi connectivity index (χ0n) is 45.9. The van der Waals surface area contributed by atoms with Gasteiger partial charge in [-0.05, 0) is 57.8 Å². The molecule has 0 aromatic rings. The maximum absolute atomic E-state index is 12.4. The number of carbonyl (C=O) groups is 2. The summed E-state index contributed by atoms with van der Waals surface area (Å²) in [6.07, 6.45) is 70.7. The van der Waals surface area contributed by atoms with Gasteiger partial charge in [0.15, 0.2) is 0 Å². The summed E-state index contributed by atoms with van der Waals surface area (Å²) < 4.78 is 5.50. The molecule has 0 aliphatic heterocycles. The molecule has 0 radical (unpaired) electrons. The first-order valence-electron chi connectivity index (χ1n) is 30.6. The fourth-order valence-corrected chi connectivity index (χ4v) is 9.51. The first kappa shape index (κ1) is 66.3. The molecule has 0 rings (SSSR count). The van der Waals surface area contributed by atoms with Gasteiger partial charge in [-0.3, -0.25) is 9.59 Å². The number of unbranched alkanes of at least 4 members (excludes halogenated alkanes) is 44. The van der Waals surface area contributed by atoms with Gasteiger partial charge in [0, 0.05) is 12.8 Å². The second kappa shape index (κ2) is 57.9. The molecule has 2 atom stereocenters. The SMILES string of the molecule is CCCCCCCC/C=C\CCCCCCCCCCCC(=O)OCCCCCCCCCCCCCCCCCCCCCCC(=O)NC(CO)C(O)/C=C/CCCCCCCCCCCC. The molecule has 0 fully saturated rings. The summed E-state index contributed by atoms with van der Waals surface area (Å²) in [4.78, 5) is 24.5. The molecule has 0 aliphatic carbocycles. The number of rotatable bonds is 57. The molecule has 6 heteroatoms. The van der Waals surface area contributed by atoms with Crippen molar-refractivity contribution in [2.24, 2.45) is 0 Å². The third-order valence-electron chi connectivity index (χ3n) is 14.2. The van der Waals surface area contributed by atoms with Crippen molar-refractivity contribution < 1.29 is 24.5 Å². The number of aliphatic hydroxyl groups is 2. The molecule has 402 valence electrons. The normalized spacial score (nSPS) is 12.7. The predicted molar refractivity (Wildman–Crippen MR) is 296 cm³/mol. The molecule has 0 bridgehead atoms. The summed E-state index contributed by atoms with van der Waals surface area (Å²) in [5.41, 5.74) is 0. The lowest BCUT2D eigenvalue weighted by molar-refractivity contribution is -0.143. The van der Waals surface area contributed by atoms with Gasteiger partial charge in [-0.1, -0.05) is 289 Å². The lowest BCUT2D eigenvalue weighted by Crippen LogP contribution is -2.45. The number of hydrogen-bond acceptors (Lipinski definition) is 5. The van der Waals surface area contributed by atoms with Crippen molar-refractivity contribution in [2.75, 3.05) is 13.2 Å². The van der Waals surface area contributed by atoms with Gasteiger partial charge in [-0.2, -0.15) is 0 Å². The smallest absolute Gasteiger partial charge is 0.305 e. The second-order valence-electron chi connectivity index (χ2n) is 21.0. The van der Waals surface area contributed by atoms with Gasteiger partial charge in [0.25, 0.3) is 0 Å². The average molecular weight is 959 g/mol. The number of aliphatic hydroxyl groups excluding tert-OH is 2. The van der Waals surface area contributed by atoms with E-state index in [9.17, 15) is 19.8 Å². The molecule has 0 aliphatic rings. The summed E-state index contributed by atoms with van der Waals surface area (Å²) in [6.45, 7) is 4.90. The fourth-order valence-electron chi connectivity index (χ4n) is 9.51. The molecule has 6 nitrogen and oxygen atoms in total. The van der Waals surface area contributed by atoms with Crippen molar-refractivity contribution in [3.63, 3.8) is 0 Å². The van der Waals surface area contributed by atoms with Gasteiger partial charge in [0.05, 0.1) is 25.4 Å². The van der Waals surface area contributed by atoms with Gasteiger partial charge >= 0.3 is 5.97 Å². The maximum atomic E-state index is 12.4. The number of allylic oxidation sites excluding steroid dienone is 3. The van der Waals surface area contributed by atoms with E-state index in [2.05, 4.69) is 31.3 Å². The molecule has 0 saturated carbocycles. The van der Waals surface area contributed by atoms with Crippen molar-refractivity contribution >= 4 is 11.9 Å². The number of esters is 1. The van der Waals surface area contributed by atoms with Crippen LogP contribution in [0.1, 0.15) is 335 Å². The van der Waals surface area contributed by atoms with Crippen LogP contribution in [-0.2, 0) is 14.3 Å². The lowest BCUT2D eigenvalue weighted by atomic mass is 10.0. The number of nitrogens with one attached hydrogen (secondary N) is 1. The van der Waals surface area contributed by atoms with Crippen LogP contribution < -0.4 is 5.32 Å². The third-order valence-corrected chi connectivity index (χ3v) is 14.2. The Kier molecular flexibility index (Phi) is 56.5. The summed E-state index contributed by atoms with van der Waals surface area (Å²) in [5, 5.41) is 23.0. The summed E-state index contributed by atoms with van der Waals surface area (Å²) in [7, 11) is 0. The quantitative estimate of drug-likeness (QED) is 0.0321. The number of ether oxygens (including phenoxy) is 1. The molecule has 0 aromatic carbocycles. The minimum absolute atomic E-state index is 0.00972. The summed E-state index contributed by atoms with van der Waals surface area (Å²) in [5.74, 6) is -0.0599. The highest BCUT2D eigenvalue weighted by atomic mass is 16.5. The van der Waals surface area contributed by atoms with Crippen LogP contribution in [0, 0.1) is 0 Å². The second-order valence-corrected chi connectivity index (χ2v) is 21.0. The molecule has 0 spiro atoms. The Morgan fingerprint density at radius 1 is 0.397 bits per heavy atom. The van der Waals surface area contributed by atoms with Crippen molar-refractivity contribution in [3.05, 3.63) is 24.3 Å². The molecule has 0 heterocycles. The van der Waals surface area contributed by atoms with Gasteiger partial charge in [0.2, 0.25) is 5.91 Å². The van der Waals surface area contributed by atoms with Crippen LogP contribution in [0.3, 0.4) is 0 Å². The van der Waals surface area contributed by atoms with Crippen LogP contribution in [-0.4, -0.2) is 47.4 Å². The van der Waals surface area contributed by atoms with E-state index >= 15 is 0 Å². The van der Waals surface area contributed by atoms with Gasteiger partial charge < -0.3 is 20.3 Å². The molecular formula is C62H119NO5. The van der Waals surface area contributed by atoms with Crippen molar-refractivity contribution in [2.45, 2.75) is 347 Å². The number of hydrogen-bond donors (Lipinski definition) is 3. The van der Waals surface area contributed by atoms with Gasteiger partial charge in [-0.15, -0.1) is 0 Å². The first-order valence-corrected chi connectivity index (χ1v) is 30.6. The highest BCUT2D eigenvalue weighted by molar-refractivity contribution is 5.76. The molecular weight excluding hydrogens is 839 g/mol. The van der Waals surface area contributed by atoms with Crippen molar-refractivity contribution in [3.8, 4) is 0 Å². The van der Waals surface area contributed by atoms with Crippen LogP contribution in [0.5, 0.6) is 0 Å². The third kappa shape index (κ3) is 53.7. The Bertz CT molecular complexity index is 1060. The highest BCUT2D eigenvalue weighted by Gasteiger charge is 2.18. The van der Waals surface area contributed by atoms with Crippen LogP contribution >= 0.6 is 0 Å². The van der Waals surface area contributed by atoms with E-state index in [0.717, 1.165) is 44.9 Å². The molecule has 0 saturated heterocycles. The number of amides is 1. The first-order chi connectivity index (χ1) is 33.5. The summed E-state index contributed by atoms with van der Waals surface area (Å²) in [6, 6.07) is -0.628. The fraction of sp³-hybridized carbons (Fsp3) is 0.903. The van der Waals surface area contributed by atoms with E-state index in [1.807, 2.05) is 6.08 Å². The van der Waals surface area contributed by atoms with E-state index in [1.165, 1.54) is 263 Å². The van der Waals surface area contributed by atoms with Crippen LogP contribution in [0.25, 0.3) is 0 Å². The molecule has 1 amide bonds. The van der Waals surface area contributed by atoms with Gasteiger partial charge in [-0.25, -0.2) is 0 Å².